The van der Waals surface area contributed by atoms with Crippen molar-refractivity contribution in [2.75, 3.05) is 39.9 Å². The van der Waals surface area contributed by atoms with Crippen molar-refractivity contribution in [3.05, 3.63) is 71.3 Å². The molecule has 0 atom stereocenters. The number of sulfonamides is 1. The van der Waals surface area contributed by atoms with Gasteiger partial charge >= 0.3 is 0 Å². The molecule has 1 aliphatic heterocycles. The first kappa shape index (κ1) is 22.3. The quantitative estimate of drug-likeness (QED) is 0.493. The van der Waals surface area contributed by atoms with Crippen LogP contribution in [0, 0.1) is 0 Å². The van der Waals surface area contributed by atoms with E-state index in [9.17, 15) is 8.42 Å². The van der Waals surface area contributed by atoms with E-state index in [1.165, 1.54) is 9.87 Å². The first-order valence-corrected chi connectivity index (χ1v) is 11.8. The van der Waals surface area contributed by atoms with E-state index in [1.807, 2.05) is 42.5 Å². The third-order valence-electron chi connectivity index (χ3n) is 5.04. The van der Waals surface area contributed by atoms with Gasteiger partial charge in [0.15, 0.2) is 5.96 Å². The molecule has 8 heteroatoms. The number of ether oxygens (including phenoxy) is 1. The molecule has 0 aromatic heterocycles. The predicted molar refractivity (Wildman–Crippen MR) is 120 cm³/mol. The van der Waals surface area contributed by atoms with Gasteiger partial charge in [0, 0.05) is 33.2 Å². The topological polar surface area (TPSA) is 83.0 Å². The highest BCUT2D eigenvalue weighted by Gasteiger charge is 2.25. The van der Waals surface area contributed by atoms with Crippen LogP contribution in [0.2, 0.25) is 0 Å². The summed E-state index contributed by atoms with van der Waals surface area (Å²) in [5, 5.41) is 6.59. The predicted octanol–water partition coefficient (Wildman–Crippen LogP) is 1.76. The molecule has 0 bridgehead atoms. The molecule has 2 aromatic carbocycles. The molecule has 2 aromatic rings. The molecule has 1 fully saturated rings. The van der Waals surface area contributed by atoms with Gasteiger partial charge in [0.05, 0.1) is 19.0 Å². The zero-order valence-electron chi connectivity index (χ0n) is 17.4. The number of hydrogen-bond acceptors (Lipinski definition) is 4. The number of nitrogens with one attached hydrogen (secondary N) is 2. The maximum absolute atomic E-state index is 12.8. The van der Waals surface area contributed by atoms with Crippen molar-refractivity contribution in [2.24, 2.45) is 4.99 Å². The maximum atomic E-state index is 12.8. The lowest BCUT2D eigenvalue weighted by molar-refractivity contribution is 0.0729. The molecule has 3 rings (SSSR count). The monoisotopic (exact) mass is 430 g/mol. The van der Waals surface area contributed by atoms with Gasteiger partial charge in [0.25, 0.3) is 0 Å². The van der Waals surface area contributed by atoms with Crippen LogP contribution in [-0.4, -0.2) is 58.6 Å². The Hall–Kier alpha value is -2.42. The van der Waals surface area contributed by atoms with Gasteiger partial charge in [-0.05, 0) is 23.1 Å². The van der Waals surface area contributed by atoms with E-state index < -0.39 is 10.0 Å². The summed E-state index contributed by atoms with van der Waals surface area (Å²) in [6.45, 7) is 3.00. The maximum Gasteiger partial charge on any atom is 0.218 e. The third-order valence-corrected chi connectivity index (χ3v) is 6.87. The van der Waals surface area contributed by atoms with Crippen molar-refractivity contribution >= 4 is 16.0 Å². The molecule has 1 saturated heterocycles. The highest BCUT2D eigenvalue weighted by molar-refractivity contribution is 7.88. The molecule has 162 valence electrons. The molecule has 7 nitrogen and oxygen atoms in total. The fourth-order valence-corrected chi connectivity index (χ4v) is 4.92. The Kier molecular flexibility index (Phi) is 8.24. The minimum atomic E-state index is -3.37. The molecular weight excluding hydrogens is 400 g/mol. The molecule has 0 amide bonds. The zero-order chi connectivity index (χ0) is 21.2. The normalized spacial score (nSPS) is 15.7. The number of nitrogens with zero attached hydrogens (tertiary/aromatic N) is 2. The van der Waals surface area contributed by atoms with Crippen molar-refractivity contribution in [1.82, 2.24) is 14.9 Å². The van der Waals surface area contributed by atoms with Crippen LogP contribution in [-0.2, 0) is 33.5 Å². The molecule has 1 heterocycles. The molecule has 0 radical (unpaired) electrons. The van der Waals surface area contributed by atoms with Gasteiger partial charge in [-0.25, -0.2) is 8.42 Å². The van der Waals surface area contributed by atoms with Crippen molar-refractivity contribution in [2.45, 2.75) is 18.7 Å². The van der Waals surface area contributed by atoms with Gasteiger partial charge < -0.3 is 15.4 Å². The Morgan fingerprint density at radius 2 is 1.67 bits per heavy atom. The van der Waals surface area contributed by atoms with E-state index in [0.717, 1.165) is 24.1 Å². The Morgan fingerprint density at radius 3 is 2.37 bits per heavy atom. The first-order chi connectivity index (χ1) is 14.6. The van der Waals surface area contributed by atoms with E-state index in [2.05, 4.69) is 27.8 Å². The van der Waals surface area contributed by atoms with E-state index in [-0.39, 0.29) is 5.75 Å². The molecule has 30 heavy (non-hydrogen) atoms. The minimum Gasteiger partial charge on any atom is -0.379 e. The van der Waals surface area contributed by atoms with Crippen LogP contribution < -0.4 is 10.6 Å². The first-order valence-electron chi connectivity index (χ1n) is 10.2. The zero-order valence-corrected chi connectivity index (χ0v) is 18.2. The molecule has 1 aliphatic rings. The van der Waals surface area contributed by atoms with E-state index in [0.29, 0.717) is 38.8 Å². The van der Waals surface area contributed by atoms with E-state index >= 15 is 0 Å². The summed E-state index contributed by atoms with van der Waals surface area (Å²) in [5.74, 6) is 0.682. The lowest BCUT2D eigenvalue weighted by atomic mass is 10.1. The number of hydrogen-bond donors (Lipinski definition) is 2. The van der Waals surface area contributed by atoms with Crippen molar-refractivity contribution < 1.29 is 13.2 Å². The number of morpholine rings is 1. The lowest BCUT2D eigenvalue weighted by Gasteiger charge is -2.26. The van der Waals surface area contributed by atoms with Gasteiger partial charge in [-0.2, -0.15) is 4.31 Å². The van der Waals surface area contributed by atoms with Crippen LogP contribution in [0.1, 0.15) is 16.7 Å². The second-order valence-corrected chi connectivity index (χ2v) is 9.09. The molecule has 0 saturated carbocycles. The Labute approximate surface area is 179 Å². The standard InChI is InChI=1S/C22H30N4O3S/c1-23-22(24-12-11-19-7-3-2-4-8-19)25-17-20-9-5-6-10-21(20)18-30(27,28)26-13-15-29-16-14-26/h2-10H,11-18H2,1H3,(H2,23,24,25). The second kappa shape index (κ2) is 11.1. The molecule has 2 N–H and O–H groups in total. The summed E-state index contributed by atoms with van der Waals surface area (Å²) in [7, 11) is -1.64. The number of benzene rings is 2. The fourth-order valence-electron chi connectivity index (χ4n) is 3.35. The summed E-state index contributed by atoms with van der Waals surface area (Å²) in [6.07, 6.45) is 0.899. The Balaban J connectivity index is 1.56. The molecular formula is C22H30N4O3S. The minimum absolute atomic E-state index is 0.00904. The van der Waals surface area contributed by atoms with Crippen LogP contribution in [0.5, 0.6) is 0 Å². The van der Waals surface area contributed by atoms with E-state index in [1.54, 1.807) is 7.05 Å². The summed E-state index contributed by atoms with van der Waals surface area (Å²) in [6, 6.07) is 17.9. The summed E-state index contributed by atoms with van der Waals surface area (Å²) in [4.78, 5) is 4.27. The second-order valence-electron chi connectivity index (χ2n) is 7.12. The van der Waals surface area contributed by atoms with Crippen LogP contribution in [0.15, 0.2) is 59.6 Å². The summed E-state index contributed by atoms with van der Waals surface area (Å²) >= 11 is 0. The van der Waals surface area contributed by atoms with Crippen molar-refractivity contribution in [3.8, 4) is 0 Å². The summed E-state index contributed by atoms with van der Waals surface area (Å²) < 4.78 is 32.4. The van der Waals surface area contributed by atoms with Gasteiger partial charge in [0.1, 0.15) is 0 Å². The largest absolute Gasteiger partial charge is 0.379 e. The van der Waals surface area contributed by atoms with Crippen molar-refractivity contribution in [3.63, 3.8) is 0 Å². The Morgan fingerprint density at radius 1 is 1.00 bits per heavy atom. The average molecular weight is 431 g/mol. The van der Waals surface area contributed by atoms with Gasteiger partial charge in [-0.1, -0.05) is 54.6 Å². The summed E-state index contributed by atoms with van der Waals surface area (Å²) in [5.41, 5.74) is 3.01. The lowest BCUT2D eigenvalue weighted by Crippen LogP contribution is -2.41. The van der Waals surface area contributed by atoms with Crippen LogP contribution >= 0.6 is 0 Å². The fraction of sp³-hybridized carbons (Fsp3) is 0.409. The highest BCUT2D eigenvalue weighted by atomic mass is 32.2. The Bertz CT molecular complexity index is 926. The molecule has 0 aliphatic carbocycles. The van der Waals surface area contributed by atoms with Gasteiger partial charge in [-0.15, -0.1) is 0 Å². The van der Waals surface area contributed by atoms with Crippen LogP contribution in [0.4, 0.5) is 0 Å². The van der Waals surface area contributed by atoms with Crippen LogP contribution in [0.25, 0.3) is 0 Å². The smallest absolute Gasteiger partial charge is 0.218 e. The third kappa shape index (κ3) is 6.55. The molecule has 0 spiro atoms. The SMILES string of the molecule is CN=C(NCCc1ccccc1)NCc1ccccc1CS(=O)(=O)N1CCOCC1. The number of rotatable bonds is 8. The number of guanidine groups is 1. The van der Waals surface area contributed by atoms with Gasteiger partial charge in [0.2, 0.25) is 10.0 Å². The van der Waals surface area contributed by atoms with Crippen LogP contribution in [0.3, 0.4) is 0 Å². The molecule has 0 unspecified atom stereocenters. The number of aliphatic imine (C=N–C) groups is 1. The highest BCUT2D eigenvalue weighted by Crippen LogP contribution is 2.16. The van der Waals surface area contributed by atoms with Gasteiger partial charge in [-0.3, -0.25) is 4.99 Å². The average Bonchev–Trinajstić information content (AvgIpc) is 2.78. The van der Waals surface area contributed by atoms with Crippen molar-refractivity contribution in [1.29, 1.82) is 0 Å². The van der Waals surface area contributed by atoms with E-state index in [4.69, 9.17) is 4.74 Å².